The van der Waals surface area contributed by atoms with Crippen molar-refractivity contribution < 1.29 is 13.5 Å². The van der Waals surface area contributed by atoms with Crippen LogP contribution in [0.15, 0.2) is 0 Å². The second-order valence-corrected chi connectivity index (χ2v) is 5.53. The molecule has 0 aromatic rings. The Kier molecular flexibility index (Phi) is 6.28. The molecule has 1 unspecified atom stereocenters. The first-order chi connectivity index (χ1) is 6.05. The van der Waals surface area contributed by atoms with E-state index < -0.39 is 9.84 Å². The summed E-state index contributed by atoms with van der Waals surface area (Å²) in [5.41, 5.74) is 5.33. The number of hydrogen-bond acceptors (Lipinski definition) is 4. The quantitative estimate of drug-likeness (QED) is 0.607. The van der Waals surface area contributed by atoms with Crippen molar-refractivity contribution in [1.29, 1.82) is 0 Å². The number of hydrogen-bond donors (Lipinski definition) is 2. The maximum absolute atomic E-state index is 11.2. The Labute approximate surface area is 80.1 Å². The minimum absolute atomic E-state index is 0.0296. The summed E-state index contributed by atoms with van der Waals surface area (Å²) in [5.74, 6) is 0.297. The third kappa shape index (κ3) is 6.01. The Morgan fingerprint density at radius 1 is 1.38 bits per heavy atom. The molecule has 80 valence electrons. The SMILES string of the molecule is CCCS(=O)(=O)CCC(CN)CO. The predicted octanol–water partition coefficient (Wildman–Crippen LogP) is -0.231. The van der Waals surface area contributed by atoms with Crippen molar-refractivity contribution in [3.8, 4) is 0 Å². The number of nitrogens with two attached hydrogens (primary N) is 1. The topological polar surface area (TPSA) is 80.4 Å². The van der Waals surface area contributed by atoms with E-state index in [9.17, 15) is 8.42 Å². The van der Waals surface area contributed by atoms with Gasteiger partial charge in [-0.05, 0) is 25.3 Å². The molecule has 0 rings (SSSR count). The van der Waals surface area contributed by atoms with Crippen molar-refractivity contribution in [3.05, 3.63) is 0 Å². The molecule has 0 bridgehead atoms. The summed E-state index contributed by atoms with van der Waals surface area (Å²) in [6.07, 6.45) is 1.12. The Balaban J connectivity index is 3.86. The van der Waals surface area contributed by atoms with Gasteiger partial charge in [-0.1, -0.05) is 6.92 Å². The highest BCUT2D eigenvalue weighted by Crippen LogP contribution is 2.04. The van der Waals surface area contributed by atoms with Gasteiger partial charge in [0.15, 0.2) is 0 Å². The van der Waals surface area contributed by atoms with Crippen LogP contribution in [0.3, 0.4) is 0 Å². The first kappa shape index (κ1) is 12.9. The molecule has 0 fully saturated rings. The highest BCUT2D eigenvalue weighted by Gasteiger charge is 2.13. The molecule has 0 aromatic heterocycles. The third-order valence-corrected chi connectivity index (χ3v) is 3.83. The van der Waals surface area contributed by atoms with Crippen LogP contribution >= 0.6 is 0 Å². The first-order valence-electron chi connectivity index (χ1n) is 4.57. The fourth-order valence-electron chi connectivity index (χ4n) is 1.04. The zero-order valence-electron chi connectivity index (χ0n) is 8.07. The van der Waals surface area contributed by atoms with E-state index in [-0.39, 0.29) is 24.0 Å². The van der Waals surface area contributed by atoms with Gasteiger partial charge in [-0.25, -0.2) is 8.42 Å². The van der Waals surface area contributed by atoms with Crippen molar-refractivity contribution >= 4 is 9.84 Å². The molecule has 0 saturated heterocycles. The van der Waals surface area contributed by atoms with Crippen molar-refractivity contribution in [3.63, 3.8) is 0 Å². The van der Waals surface area contributed by atoms with Crippen LogP contribution in [0.2, 0.25) is 0 Å². The Morgan fingerprint density at radius 3 is 2.38 bits per heavy atom. The average molecular weight is 209 g/mol. The summed E-state index contributed by atoms with van der Waals surface area (Å²) in [5, 5.41) is 8.78. The minimum atomic E-state index is -2.91. The normalized spacial score (nSPS) is 14.4. The minimum Gasteiger partial charge on any atom is -0.396 e. The predicted molar refractivity (Wildman–Crippen MR) is 53.2 cm³/mol. The van der Waals surface area contributed by atoms with Gasteiger partial charge in [-0.2, -0.15) is 0 Å². The average Bonchev–Trinajstić information content (AvgIpc) is 2.06. The standard InChI is InChI=1S/C8H19NO3S/c1-2-4-13(11,12)5-3-8(6-9)7-10/h8,10H,2-7,9H2,1H3. The molecule has 1 atom stereocenters. The van der Waals surface area contributed by atoms with Gasteiger partial charge in [-0.15, -0.1) is 0 Å². The molecule has 0 aliphatic heterocycles. The lowest BCUT2D eigenvalue weighted by Crippen LogP contribution is -2.22. The first-order valence-corrected chi connectivity index (χ1v) is 6.39. The van der Waals surface area contributed by atoms with Gasteiger partial charge in [0.25, 0.3) is 0 Å². The van der Waals surface area contributed by atoms with Gasteiger partial charge in [0.2, 0.25) is 0 Å². The maximum atomic E-state index is 11.2. The molecule has 5 heteroatoms. The molecule has 3 N–H and O–H groups in total. The number of aliphatic hydroxyl groups is 1. The van der Waals surface area contributed by atoms with E-state index in [1.54, 1.807) is 0 Å². The smallest absolute Gasteiger partial charge is 0.150 e. The Hall–Kier alpha value is -0.130. The van der Waals surface area contributed by atoms with Crippen molar-refractivity contribution in [1.82, 2.24) is 0 Å². The fraction of sp³-hybridized carbons (Fsp3) is 1.00. The van der Waals surface area contributed by atoms with Crippen LogP contribution in [-0.4, -0.2) is 38.2 Å². The largest absolute Gasteiger partial charge is 0.396 e. The van der Waals surface area contributed by atoms with Crippen LogP contribution in [0.4, 0.5) is 0 Å². The summed E-state index contributed by atoms with van der Waals surface area (Å²) >= 11 is 0. The van der Waals surface area contributed by atoms with E-state index in [1.165, 1.54) is 0 Å². The molecule has 0 amide bonds. The maximum Gasteiger partial charge on any atom is 0.150 e. The highest BCUT2D eigenvalue weighted by atomic mass is 32.2. The lowest BCUT2D eigenvalue weighted by molar-refractivity contribution is 0.227. The number of sulfone groups is 1. The Morgan fingerprint density at radius 2 is 2.00 bits per heavy atom. The number of aliphatic hydroxyl groups excluding tert-OH is 1. The van der Waals surface area contributed by atoms with E-state index >= 15 is 0 Å². The molecule has 0 saturated carbocycles. The van der Waals surface area contributed by atoms with Gasteiger partial charge in [0.1, 0.15) is 9.84 Å². The van der Waals surface area contributed by atoms with E-state index in [4.69, 9.17) is 10.8 Å². The molecule has 4 nitrogen and oxygen atoms in total. The van der Waals surface area contributed by atoms with Crippen molar-refractivity contribution in [2.24, 2.45) is 11.7 Å². The molecule has 0 heterocycles. The molecule has 0 radical (unpaired) electrons. The lowest BCUT2D eigenvalue weighted by atomic mass is 10.1. The highest BCUT2D eigenvalue weighted by molar-refractivity contribution is 7.91. The van der Waals surface area contributed by atoms with Crippen LogP contribution in [0.5, 0.6) is 0 Å². The van der Waals surface area contributed by atoms with Gasteiger partial charge in [0.05, 0.1) is 5.75 Å². The molecule has 13 heavy (non-hydrogen) atoms. The summed E-state index contributed by atoms with van der Waals surface area (Å²) in [4.78, 5) is 0. The zero-order chi connectivity index (χ0) is 10.3. The third-order valence-electron chi connectivity index (χ3n) is 1.94. The van der Waals surface area contributed by atoms with Gasteiger partial charge in [-0.3, -0.25) is 0 Å². The summed E-state index contributed by atoms with van der Waals surface area (Å²) in [7, 11) is -2.91. The van der Waals surface area contributed by atoms with Crippen molar-refractivity contribution in [2.45, 2.75) is 19.8 Å². The van der Waals surface area contributed by atoms with Gasteiger partial charge < -0.3 is 10.8 Å². The van der Waals surface area contributed by atoms with E-state index in [1.807, 2.05) is 6.92 Å². The molecular formula is C8H19NO3S. The molecule has 0 aliphatic rings. The van der Waals surface area contributed by atoms with Crippen LogP contribution in [0.1, 0.15) is 19.8 Å². The second-order valence-electron chi connectivity index (χ2n) is 3.22. The molecule has 0 spiro atoms. The monoisotopic (exact) mass is 209 g/mol. The zero-order valence-corrected chi connectivity index (χ0v) is 8.89. The summed E-state index contributed by atoms with van der Waals surface area (Å²) in [6.45, 7) is 2.15. The van der Waals surface area contributed by atoms with E-state index in [0.29, 0.717) is 19.4 Å². The van der Waals surface area contributed by atoms with Gasteiger partial charge in [0, 0.05) is 12.4 Å². The van der Waals surface area contributed by atoms with E-state index in [2.05, 4.69) is 0 Å². The molecular weight excluding hydrogens is 190 g/mol. The fourth-order valence-corrected chi connectivity index (χ4v) is 2.56. The number of rotatable bonds is 7. The van der Waals surface area contributed by atoms with Gasteiger partial charge >= 0.3 is 0 Å². The van der Waals surface area contributed by atoms with E-state index in [0.717, 1.165) is 0 Å². The lowest BCUT2D eigenvalue weighted by Gasteiger charge is -2.10. The van der Waals surface area contributed by atoms with Crippen molar-refractivity contribution in [2.75, 3.05) is 24.7 Å². The summed E-state index contributed by atoms with van der Waals surface area (Å²) in [6, 6.07) is 0. The van der Waals surface area contributed by atoms with Crippen LogP contribution in [0, 0.1) is 5.92 Å². The van der Waals surface area contributed by atoms with Crippen LogP contribution in [0.25, 0.3) is 0 Å². The van der Waals surface area contributed by atoms with Crippen LogP contribution < -0.4 is 5.73 Å². The molecule has 0 aliphatic carbocycles. The molecule has 0 aromatic carbocycles. The Bertz CT molecular complexity index is 209. The summed E-state index contributed by atoms with van der Waals surface area (Å²) < 4.78 is 22.5. The van der Waals surface area contributed by atoms with Crippen LogP contribution in [-0.2, 0) is 9.84 Å². The second kappa shape index (κ2) is 6.34.